The van der Waals surface area contributed by atoms with E-state index >= 15 is 0 Å². The lowest BCUT2D eigenvalue weighted by Crippen LogP contribution is -2.62. The van der Waals surface area contributed by atoms with Gasteiger partial charge < -0.3 is 20.1 Å². The van der Waals surface area contributed by atoms with Gasteiger partial charge in [-0.05, 0) is 62.6 Å². The number of carbonyl (C=O) groups is 3. The van der Waals surface area contributed by atoms with Crippen molar-refractivity contribution in [2.45, 2.75) is 43.7 Å². The number of rotatable bonds is 4. The SMILES string of the molecule is COc1ccc(C(=O)C2C3CCCN3C3(C(=O)Nc4c(C)cc(C)cc43)C23C(=O)Nc2ccccc23)c(OC)c1. The van der Waals surface area contributed by atoms with E-state index in [2.05, 4.69) is 15.5 Å². The highest BCUT2D eigenvalue weighted by Crippen LogP contribution is 2.68. The van der Waals surface area contributed by atoms with E-state index in [1.165, 1.54) is 7.11 Å². The number of ketones is 1. The summed E-state index contributed by atoms with van der Waals surface area (Å²) < 4.78 is 11.0. The lowest BCUT2D eigenvalue weighted by Gasteiger charge is -2.43. The number of ether oxygens (including phenoxy) is 2. The molecule has 4 heterocycles. The second-order valence-corrected chi connectivity index (χ2v) is 11.3. The number of nitrogens with zero attached hydrogens (tertiary/aromatic N) is 1. The maximum absolute atomic E-state index is 14.9. The highest BCUT2D eigenvalue weighted by molar-refractivity contribution is 6.21. The number of nitrogens with one attached hydrogen (secondary N) is 2. The van der Waals surface area contributed by atoms with Gasteiger partial charge in [-0.2, -0.15) is 0 Å². The minimum absolute atomic E-state index is 0.217. The highest BCUT2D eigenvalue weighted by Gasteiger charge is 2.81. The molecule has 8 heteroatoms. The van der Waals surface area contributed by atoms with Crippen molar-refractivity contribution >= 4 is 29.0 Å². The zero-order valence-electron chi connectivity index (χ0n) is 23.0. The molecule has 2 fully saturated rings. The molecule has 2 spiro atoms. The van der Waals surface area contributed by atoms with Crippen LogP contribution in [0.4, 0.5) is 11.4 Å². The molecule has 7 rings (SSSR count). The van der Waals surface area contributed by atoms with Crippen molar-refractivity contribution in [2.24, 2.45) is 5.92 Å². The van der Waals surface area contributed by atoms with Gasteiger partial charge in [0.25, 0.3) is 5.91 Å². The first kappa shape index (κ1) is 24.8. The Morgan fingerprint density at radius 2 is 1.75 bits per heavy atom. The number of amides is 2. The Kier molecular flexibility index (Phi) is 5.23. The molecule has 3 aromatic carbocycles. The predicted molar refractivity (Wildman–Crippen MR) is 150 cm³/mol. The van der Waals surface area contributed by atoms with Crippen LogP contribution in [0, 0.1) is 19.8 Å². The molecule has 204 valence electrons. The van der Waals surface area contributed by atoms with Gasteiger partial charge >= 0.3 is 0 Å². The molecular weight excluding hydrogens is 506 g/mol. The third kappa shape index (κ3) is 2.77. The molecule has 0 saturated carbocycles. The van der Waals surface area contributed by atoms with Gasteiger partial charge in [-0.15, -0.1) is 0 Å². The third-order valence-corrected chi connectivity index (χ3v) is 9.50. The summed E-state index contributed by atoms with van der Waals surface area (Å²) in [6.45, 7) is 4.58. The summed E-state index contributed by atoms with van der Waals surface area (Å²) in [5.74, 6) is -0.695. The molecule has 4 unspecified atom stereocenters. The molecule has 4 aliphatic rings. The van der Waals surface area contributed by atoms with Crippen molar-refractivity contribution in [3.05, 3.63) is 82.4 Å². The van der Waals surface area contributed by atoms with E-state index in [1.807, 2.05) is 50.2 Å². The summed E-state index contributed by atoms with van der Waals surface area (Å²) in [5, 5.41) is 6.25. The molecule has 2 N–H and O–H groups in total. The number of hydrogen-bond donors (Lipinski definition) is 2. The zero-order valence-corrected chi connectivity index (χ0v) is 23.0. The van der Waals surface area contributed by atoms with Crippen molar-refractivity contribution < 1.29 is 23.9 Å². The van der Waals surface area contributed by atoms with Crippen molar-refractivity contribution in [3.63, 3.8) is 0 Å². The van der Waals surface area contributed by atoms with Gasteiger partial charge in [-0.25, -0.2) is 0 Å². The van der Waals surface area contributed by atoms with Gasteiger partial charge in [0.15, 0.2) is 5.78 Å². The van der Waals surface area contributed by atoms with E-state index in [9.17, 15) is 14.4 Å². The summed E-state index contributed by atoms with van der Waals surface area (Å²) in [7, 11) is 3.07. The normalized spacial score (nSPS) is 27.9. The van der Waals surface area contributed by atoms with Crippen LogP contribution >= 0.6 is 0 Å². The number of Topliss-reactive ketones (excluding diaryl/α,β-unsaturated/α-hetero) is 1. The average Bonchev–Trinajstić information content (AvgIpc) is 3.67. The smallest absolute Gasteiger partial charge is 0.251 e. The maximum Gasteiger partial charge on any atom is 0.251 e. The Labute approximate surface area is 232 Å². The van der Waals surface area contributed by atoms with E-state index in [-0.39, 0.29) is 23.6 Å². The largest absolute Gasteiger partial charge is 0.497 e. The third-order valence-electron chi connectivity index (χ3n) is 9.50. The molecule has 4 atom stereocenters. The fourth-order valence-corrected chi connectivity index (χ4v) is 8.21. The van der Waals surface area contributed by atoms with Crippen LogP contribution in [0.15, 0.2) is 54.6 Å². The van der Waals surface area contributed by atoms with Gasteiger partial charge in [0, 0.05) is 29.0 Å². The number of hydrogen-bond acceptors (Lipinski definition) is 6. The first-order valence-electron chi connectivity index (χ1n) is 13.7. The molecule has 8 nitrogen and oxygen atoms in total. The van der Waals surface area contributed by atoms with E-state index in [0.29, 0.717) is 41.3 Å². The van der Waals surface area contributed by atoms with Crippen molar-refractivity contribution in [1.29, 1.82) is 0 Å². The lowest BCUT2D eigenvalue weighted by molar-refractivity contribution is -0.137. The summed E-state index contributed by atoms with van der Waals surface area (Å²) in [5.41, 5.74) is 2.23. The fourth-order valence-electron chi connectivity index (χ4n) is 8.21. The number of fused-ring (bicyclic) bond motifs is 7. The molecular formula is C32H31N3O5. The van der Waals surface area contributed by atoms with E-state index in [4.69, 9.17) is 9.47 Å². The quantitative estimate of drug-likeness (QED) is 0.481. The summed E-state index contributed by atoms with van der Waals surface area (Å²) in [4.78, 5) is 46.3. The predicted octanol–water partition coefficient (Wildman–Crippen LogP) is 4.34. The second kappa shape index (κ2) is 8.41. The van der Waals surface area contributed by atoms with Gasteiger partial charge in [-0.1, -0.05) is 35.9 Å². The van der Waals surface area contributed by atoms with Crippen LogP contribution in [-0.4, -0.2) is 49.3 Å². The number of carbonyl (C=O) groups excluding carboxylic acids is 3. The van der Waals surface area contributed by atoms with Gasteiger partial charge in [0.05, 0.1) is 25.7 Å². The van der Waals surface area contributed by atoms with Gasteiger partial charge in [0.1, 0.15) is 22.5 Å². The molecule has 0 radical (unpaired) electrons. The first-order chi connectivity index (χ1) is 19.3. The van der Waals surface area contributed by atoms with Crippen LogP contribution in [0.3, 0.4) is 0 Å². The Morgan fingerprint density at radius 1 is 0.950 bits per heavy atom. The Balaban J connectivity index is 1.58. The molecule has 0 aromatic heterocycles. The lowest BCUT2D eigenvalue weighted by atomic mass is 9.57. The standard InChI is InChI=1S/C32H31N3O5/c1-17-14-18(2)27-22(15-17)32(30(38)34-27)31(21-8-5-6-9-23(21)33-29(31)37)26(24-10-7-13-35(24)32)28(36)20-12-11-19(39-3)16-25(20)40-4/h5-6,8-9,11-12,14-16,24,26H,7,10,13H2,1-4H3,(H,33,37)(H,34,38). The van der Waals surface area contributed by atoms with Crippen molar-refractivity contribution in [1.82, 2.24) is 4.90 Å². The Morgan fingerprint density at radius 3 is 2.52 bits per heavy atom. The van der Waals surface area contributed by atoms with Gasteiger partial charge in [-0.3, -0.25) is 19.3 Å². The number of anilines is 2. The summed E-state index contributed by atoms with van der Waals surface area (Å²) in [6.07, 6.45) is 1.52. The van der Waals surface area contributed by atoms with Crippen LogP contribution in [0.1, 0.15) is 45.5 Å². The summed E-state index contributed by atoms with van der Waals surface area (Å²) in [6, 6.07) is 16.3. The molecule has 0 bridgehead atoms. The number of aryl methyl sites for hydroxylation is 2. The number of para-hydroxylation sites is 1. The molecule has 0 aliphatic carbocycles. The zero-order chi connectivity index (χ0) is 28.0. The molecule has 4 aliphatic heterocycles. The van der Waals surface area contributed by atoms with Crippen LogP contribution in [-0.2, 0) is 20.5 Å². The van der Waals surface area contributed by atoms with Crippen LogP contribution < -0.4 is 20.1 Å². The van der Waals surface area contributed by atoms with E-state index < -0.39 is 16.9 Å². The Bertz CT molecular complexity index is 1630. The highest BCUT2D eigenvalue weighted by atomic mass is 16.5. The van der Waals surface area contributed by atoms with E-state index in [0.717, 1.165) is 28.8 Å². The average molecular weight is 538 g/mol. The molecule has 2 amide bonds. The fraction of sp³-hybridized carbons (Fsp3) is 0.344. The molecule has 2 saturated heterocycles. The summed E-state index contributed by atoms with van der Waals surface area (Å²) >= 11 is 0. The molecule has 3 aromatic rings. The van der Waals surface area contributed by atoms with Crippen molar-refractivity contribution in [2.75, 3.05) is 31.4 Å². The monoisotopic (exact) mass is 537 g/mol. The Hall–Kier alpha value is -4.17. The van der Waals surface area contributed by atoms with Crippen molar-refractivity contribution in [3.8, 4) is 11.5 Å². The number of methoxy groups -OCH3 is 2. The maximum atomic E-state index is 14.9. The van der Waals surface area contributed by atoms with Crippen LogP contribution in [0.25, 0.3) is 0 Å². The molecule has 40 heavy (non-hydrogen) atoms. The van der Waals surface area contributed by atoms with Crippen LogP contribution in [0.2, 0.25) is 0 Å². The number of benzene rings is 3. The van der Waals surface area contributed by atoms with E-state index in [1.54, 1.807) is 25.3 Å². The first-order valence-corrected chi connectivity index (χ1v) is 13.7. The topological polar surface area (TPSA) is 97.0 Å². The van der Waals surface area contributed by atoms with Crippen LogP contribution in [0.5, 0.6) is 11.5 Å². The second-order valence-electron chi connectivity index (χ2n) is 11.3. The minimum atomic E-state index is -1.49. The van der Waals surface area contributed by atoms with Gasteiger partial charge in [0.2, 0.25) is 5.91 Å². The minimum Gasteiger partial charge on any atom is -0.497 e.